The molecule has 2 aromatic carbocycles. The number of carbonyl (C=O) groups is 3. The minimum atomic E-state index is -0.469. The molecule has 0 spiro atoms. The topological polar surface area (TPSA) is 84.9 Å². The lowest BCUT2D eigenvalue weighted by atomic mass is 9.98. The molecule has 7 heteroatoms. The highest BCUT2D eigenvalue weighted by atomic mass is 16.5. The van der Waals surface area contributed by atoms with Gasteiger partial charge in [0.1, 0.15) is 5.75 Å². The highest BCUT2D eigenvalue weighted by Crippen LogP contribution is 2.28. The molecule has 1 fully saturated rings. The number of methoxy groups -OCH3 is 2. The van der Waals surface area contributed by atoms with Gasteiger partial charge in [-0.25, -0.2) is 4.79 Å². The van der Waals surface area contributed by atoms with Crippen molar-refractivity contribution in [2.75, 3.05) is 33.9 Å². The molecule has 0 saturated carbocycles. The lowest BCUT2D eigenvalue weighted by Crippen LogP contribution is -2.49. The van der Waals surface area contributed by atoms with Crippen molar-refractivity contribution < 1.29 is 23.9 Å². The van der Waals surface area contributed by atoms with Gasteiger partial charge in [-0.1, -0.05) is 12.1 Å². The number of nitrogens with one attached hydrogen (secondary N) is 1. The number of carbonyl (C=O) groups excluding carboxylic acids is 3. The molecule has 0 aliphatic carbocycles. The van der Waals surface area contributed by atoms with Crippen molar-refractivity contribution in [2.24, 2.45) is 0 Å². The maximum absolute atomic E-state index is 12.6. The van der Waals surface area contributed by atoms with Crippen LogP contribution < -0.4 is 10.1 Å². The third-order valence-electron chi connectivity index (χ3n) is 4.40. The van der Waals surface area contributed by atoms with E-state index in [9.17, 15) is 14.4 Å². The zero-order valence-corrected chi connectivity index (χ0v) is 15.2. The summed E-state index contributed by atoms with van der Waals surface area (Å²) < 4.78 is 10.0. The smallest absolute Gasteiger partial charge is 0.338 e. The van der Waals surface area contributed by atoms with Gasteiger partial charge >= 0.3 is 5.97 Å². The van der Waals surface area contributed by atoms with Crippen LogP contribution in [0.15, 0.2) is 42.5 Å². The Labute approximate surface area is 156 Å². The molecule has 27 heavy (non-hydrogen) atoms. The average molecular weight is 368 g/mol. The minimum Gasteiger partial charge on any atom is -0.497 e. The Bertz CT molecular complexity index is 876. The molecule has 7 nitrogen and oxygen atoms in total. The summed E-state index contributed by atoms with van der Waals surface area (Å²) in [5.74, 6) is -0.274. The minimum absolute atomic E-state index is 0.0611. The van der Waals surface area contributed by atoms with Gasteiger partial charge in [-0.2, -0.15) is 0 Å². The van der Waals surface area contributed by atoms with Crippen molar-refractivity contribution in [3.05, 3.63) is 53.6 Å². The number of amides is 2. The van der Waals surface area contributed by atoms with Crippen LogP contribution in [-0.2, 0) is 9.53 Å². The van der Waals surface area contributed by atoms with Crippen LogP contribution >= 0.6 is 0 Å². The summed E-state index contributed by atoms with van der Waals surface area (Å²) in [7, 11) is 2.85. The second-order valence-electron chi connectivity index (χ2n) is 6.06. The maximum Gasteiger partial charge on any atom is 0.338 e. The largest absolute Gasteiger partial charge is 0.497 e. The Morgan fingerprint density at radius 2 is 1.81 bits per heavy atom. The van der Waals surface area contributed by atoms with Gasteiger partial charge in [0.2, 0.25) is 5.91 Å². The third-order valence-corrected chi connectivity index (χ3v) is 4.40. The second kappa shape index (κ2) is 7.90. The number of ether oxygens (including phenoxy) is 2. The predicted octanol–water partition coefficient (Wildman–Crippen LogP) is 1.72. The molecule has 0 bridgehead atoms. The molecule has 1 saturated heterocycles. The fraction of sp³-hybridized carbons (Fsp3) is 0.250. The zero-order valence-electron chi connectivity index (χ0n) is 15.2. The molecule has 0 atom stereocenters. The van der Waals surface area contributed by atoms with Crippen molar-refractivity contribution in [2.45, 2.75) is 0 Å². The molecule has 0 aromatic heterocycles. The summed E-state index contributed by atoms with van der Waals surface area (Å²) in [6.45, 7) is 1.000. The number of nitrogens with zero attached hydrogens (tertiary/aromatic N) is 1. The van der Waals surface area contributed by atoms with Crippen molar-refractivity contribution >= 4 is 17.8 Å². The van der Waals surface area contributed by atoms with E-state index in [1.54, 1.807) is 42.5 Å². The van der Waals surface area contributed by atoms with Crippen LogP contribution in [0, 0.1) is 0 Å². The molecule has 0 unspecified atom stereocenters. The Morgan fingerprint density at radius 3 is 2.44 bits per heavy atom. The molecule has 1 N–H and O–H groups in total. The van der Waals surface area contributed by atoms with Crippen LogP contribution in [0.2, 0.25) is 0 Å². The predicted molar refractivity (Wildman–Crippen MR) is 98.7 cm³/mol. The molecule has 2 amide bonds. The lowest BCUT2D eigenvalue weighted by molar-refractivity contribution is -0.123. The summed E-state index contributed by atoms with van der Waals surface area (Å²) in [6, 6.07) is 12.1. The van der Waals surface area contributed by atoms with Crippen molar-refractivity contribution in [1.82, 2.24) is 10.2 Å². The van der Waals surface area contributed by atoms with Gasteiger partial charge in [-0.3, -0.25) is 9.59 Å². The molecular formula is C20H20N2O5. The van der Waals surface area contributed by atoms with Crippen LogP contribution in [0.1, 0.15) is 20.7 Å². The van der Waals surface area contributed by atoms with Crippen LogP contribution in [0.25, 0.3) is 11.1 Å². The van der Waals surface area contributed by atoms with Gasteiger partial charge in [0.25, 0.3) is 5.91 Å². The number of hydrogen-bond donors (Lipinski definition) is 1. The molecule has 3 rings (SSSR count). The standard InChI is InChI=1S/C20H20N2O5/c1-26-15-7-8-16(17(11-15)20(25)27-2)13-3-5-14(6-4-13)19(24)22-10-9-21-18(23)12-22/h3-8,11H,9-10,12H2,1-2H3,(H,21,23). The fourth-order valence-corrected chi connectivity index (χ4v) is 2.97. The normalized spacial score (nSPS) is 13.7. The molecule has 1 aliphatic heterocycles. The molecule has 2 aromatic rings. The number of benzene rings is 2. The van der Waals surface area contributed by atoms with Gasteiger partial charge < -0.3 is 19.7 Å². The highest BCUT2D eigenvalue weighted by Gasteiger charge is 2.22. The van der Waals surface area contributed by atoms with Crippen LogP contribution in [-0.4, -0.2) is 56.5 Å². The van der Waals surface area contributed by atoms with E-state index in [4.69, 9.17) is 9.47 Å². The molecule has 1 heterocycles. The van der Waals surface area contributed by atoms with E-state index >= 15 is 0 Å². The van der Waals surface area contributed by atoms with Gasteiger partial charge in [0.05, 0.1) is 26.3 Å². The molecule has 1 aliphatic rings. The molecule has 0 radical (unpaired) electrons. The SMILES string of the molecule is COC(=O)c1cc(OC)ccc1-c1ccc(C(=O)N2CCNC(=O)C2)cc1. The van der Waals surface area contributed by atoms with Crippen LogP contribution in [0.5, 0.6) is 5.75 Å². The number of piperazine rings is 1. The summed E-state index contributed by atoms with van der Waals surface area (Å²) in [4.78, 5) is 37.7. The number of hydrogen-bond acceptors (Lipinski definition) is 5. The average Bonchev–Trinajstić information content (AvgIpc) is 2.72. The number of rotatable bonds is 4. The van der Waals surface area contributed by atoms with E-state index in [0.29, 0.717) is 35.5 Å². The first-order valence-electron chi connectivity index (χ1n) is 8.46. The quantitative estimate of drug-likeness (QED) is 0.831. The summed E-state index contributed by atoms with van der Waals surface area (Å²) >= 11 is 0. The first-order valence-corrected chi connectivity index (χ1v) is 8.46. The summed E-state index contributed by atoms with van der Waals surface area (Å²) in [6.07, 6.45) is 0. The summed E-state index contributed by atoms with van der Waals surface area (Å²) in [5, 5.41) is 2.69. The van der Waals surface area contributed by atoms with Gasteiger partial charge in [-0.15, -0.1) is 0 Å². The van der Waals surface area contributed by atoms with Crippen molar-refractivity contribution in [3.63, 3.8) is 0 Å². The number of esters is 1. The van der Waals surface area contributed by atoms with Gasteiger partial charge in [-0.05, 0) is 41.5 Å². The lowest BCUT2D eigenvalue weighted by Gasteiger charge is -2.26. The highest BCUT2D eigenvalue weighted by molar-refractivity contribution is 5.99. The van der Waals surface area contributed by atoms with Crippen LogP contribution in [0.3, 0.4) is 0 Å². The van der Waals surface area contributed by atoms with E-state index in [2.05, 4.69) is 5.32 Å². The van der Waals surface area contributed by atoms with Crippen molar-refractivity contribution in [1.29, 1.82) is 0 Å². The Hall–Kier alpha value is -3.35. The second-order valence-corrected chi connectivity index (χ2v) is 6.06. The molecule has 140 valence electrons. The monoisotopic (exact) mass is 368 g/mol. The summed E-state index contributed by atoms with van der Waals surface area (Å²) in [5.41, 5.74) is 2.31. The first-order chi connectivity index (χ1) is 13.0. The zero-order chi connectivity index (χ0) is 19.4. The van der Waals surface area contributed by atoms with Gasteiger partial charge in [0.15, 0.2) is 0 Å². The van der Waals surface area contributed by atoms with Crippen LogP contribution in [0.4, 0.5) is 0 Å². The van der Waals surface area contributed by atoms with E-state index in [1.165, 1.54) is 19.1 Å². The van der Waals surface area contributed by atoms with Gasteiger partial charge in [0, 0.05) is 18.7 Å². The van der Waals surface area contributed by atoms with E-state index in [-0.39, 0.29) is 18.4 Å². The Balaban J connectivity index is 1.88. The first kappa shape index (κ1) is 18.4. The Morgan fingerprint density at radius 1 is 1.07 bits per heavy atom. The van der Waals surface area contributed by atoms with Crippen molar-refractivity contribution in [3.8, 4) is 16.9 Å². The Kier molecular flexibility index (Phi) is 5.40. The third kappa shape index (κ3) is 3.92. The van der Waals surface area contributed by atoms with E-state index < -0.39 is 5.97 Å². The fourth-order valence-electron chi connectivity index (χ4n) is 2.97. The van der Waals surface area contributed by atoms with E-state index in [1.807, 2.05) is 0 Å². The molecular weight excluding hydrogens is 348 g/mol. The van der Waals surface area contributed by atoms with E-state index in [0.717, 1.165) is 5.56 Å². The maximum atomic E-state index is 12.6.